The number of anilines is 2. The van der Waals surface area contributed by atoms with Crippen molar-refractivity contribution in [2.45, 2.75) is 52.8 Å². The second-order valence-electron chi connectivity index (χ2n) is 13.2. The molecule has 12 nitrogen and oxygen atoms in total. The van der Waals surface area contributed by atoms with Crippen LogP contribution in [0.3, 0.4) is 0 Å². The second kappa shape index (κ2) is 11.4. The lowest BCUT2D eigenvalue weighted by Crippen LogP contribution is -2.38. The Morgan fingerprint density at radius 2 is 1.93 bits per heavy atom. The van der Waals surface area contributed by atoms with Gasteiger partial charge in [0.05, 0.1) is 25.5 Å². The van der Waals surface area contributed by atoms with Crippen molar-refractivity contribution in [3.63, 3.8) is 0 Å². The summed E-state index contributed by atoms with van der Waals surface area (Å²) >= 11 is 0. The summed E-state index contributed by atoms with van der Waals surface area (Å²) in [5, 5.41) is 18.6. The first-order valence-corrected chi connectivity index (χ1v) is 15.7. The third-order valence-corrected chi connectivity index (χ3v) is 9.49. The molecule has 0 amide bonds. The minimum Gasteiger partial charge on any atom is -0.392 e. The van der Waals surface area contributed by atoms with Crippen LogP contribution in [0.1, 0.15) is 49.3 Å². The lowest BCUT2D eigenvalue weighted by Gasteiger charge is -2.33. The molecule has 0 radical (unpaired) electrons. The Hall–Kier alpha value is -4.52. The molecule has 7 rings (SSSR count). The summed E-state index contributed by atoms with van der Waals surface area (Å²) in [7, 11) is 3.40. The van der Waals surface area contributed by atoms with Gasteiger partial charge in [-0.3, -0.25) is 23.7 Å². The molecule has 2 N–H and O–H groups in total. The molecule has 0 fully saturated rings. The van der Waals surface area contributed by atoms with E-state index in [2.05, 4.69) is 36.0 Å². The van der Waals surface area contributed by atoms with Crippen LogP contribution in [0, 0.1) is 5.41 Å². The van der Waals surface area contributed by atoms with Crippen LogP contribution < -0.4 is 16.4 Å². The largest absolute Gasteiger partial charge is 0.392 e. The quantitative estimate of drug-likeness (QED) is 0.269. The molecule has 1 atom stereocenters. The molecule has 5 aromatic heterocycles. The van der Waals surface area contributed by atoms with Gasteiger partial charge in [0, 0.05) is 81.0 Å². The van der Waals surface area contributed by atoms with E-state index in [0.717, 1.165) is 38.2 Å². The predicted octanol–water partition coefficient (Wildman–Crippen LogP) is 3.43. The number of aliphatic hydroxyl groups excluding tert-OH is 1. The molecule has 2 aliphatic rings. The Morgan fingerprint density at radius 3 is 2.72 bits per heavy atom. The Bertz CT molecular complexity index is 2090. The number of aliphatic hydroxyl groups is 1. The maximum absolute atomic E-state index is 13.8. The number of hydrogen-bond donors (Lipinski definition) is 2. The molecule has 0 aromatic carbocycles. The number of hydrogen-bond acceptors (Lipinski definition) is 8. The molecule has 0 spiro atoms. The van der Waals surface area contributed by atoms with E-state index in [9.17, 15) is 14.7 Å². The molecule has 0 saturated heterocycles. The number of pyridine rings is 2. The monoisotopic (exact) mass is 624 g/mol. The second-order valence-corrected chi connectivity index (χ2v) is 13.2. The smallest absolute Gasteiger partial charge is 0.280 e. The van der Waals surface area contributed by atoms with Crippen molar-refractivity contribution in [2.75, 3.05) is 32.1 Å². The number of fused-ring (bicyclic) bond motifs is 4. The lowest BCUT2D eigenvalue weighted by atomic mass is 9.90. The van der Waals surface area contributed by atoms with E-state index < -0.39 is 0 Å². The van der Waals surface area contributed by atoms with Gasteiger partial charge < -0.3 is 24.1 Å². The van der Waals surface area contributed by atoms with Gasteiger partial charge in [-0.2, -0.15) is 5.10 Å². The maximum Gasteiger partial charge on any atom is 0.280 e. The summed E-state index contributed by atoms with van der Waals surface area (Å²) in [6, 6.07) is 7.69. The van der Waals surface area contributed by atoms with Crippen LogP contribution in [0.4, 0.5) is 11.5 Å². The lowest BCUT2D eigenvalue weighted by molar-refractivity contribution is 0.104. The number of ether oxygens (including phenoxy) is 1. The molecule has 6 heterocycles. The molecular weight excluding hydrogens is 584 g/mol. The summed E-state index contributed by atoms with van der Waals surface area (Å²) in [6.07, 6.45) is 8.81. The molecule has 1 aliphatic heterocycles. The van der Waals surface area contributed by atoms with Crippen LogP contribution in [-0.4, -0.2) is 65.1 Å². The molecule has 5 aromatic rings. The fourth-order valence-electron chi connectivity index (χ4n) is 7.15. The molecule has 0 unspecified atom stereocenters. The number of aryl methyl sites for hydroxylation is 1. The Balaban J connectivity index is 1.24. The van der Waals surface area contributed by atoms with Crippen molar-refractivity contribution in [1.82, 2.24) is 33.2 Å². The number of nitrogens with zero attached hydrogens (tertiary/aromatic N) is 7. The minimum absolute atomic E-state index is 0.158. The van der Waals surface area contributed by atoms with Crippen molar-refractivity contribution in [2.24, 2.45) is 12.5 Å². The van der Waals surface area contributed by atoms with Crippen LogP contribution in [0.5, 0.6) is 0 Å². The van der Waals surface area contributed by atoms with Gasteiger partial charge in [0.1, 0.15) is 17.0 Å². The van der Waals surface area contributed by atoms with Crippen LogP contribution in [0.25, 0.3) is 22.5 Å². The fourth-order valence-corrected chi connectivity index (χ4v) is 7.15. The summed E-state index contributed by atoms with van der Waals surface area (Å²) in [4.78, 5) is 34.0. The molecule has 0 saturated carbocycles. The van der Waals surface area contributed by atoms with E-state index in [1.165, 1.54) is 20.4 Å². The molecule has 0 bridgehead atoms. The van der Waals surface area contributed by atoms with E-state index >= 15 is 0 Å². The van der Waals surface area contributed by atoms with E-state index in [-0.39, 0.29) is 29.2 Å². The summed E-state index contributed by atoms with van der Waals surface area (Å²) in [6.45, 7) is 9.39. The van der Waals surface area contributed by atoms with E-state index in [0.29, 0.717) is 46.1 Å². The molecule has 12 heteroatoms. The average Bonchev–Trinajstić information content (AvgIpc) is 3.69. The van der Waals surface area contributed by atoms with Crippen LogP contribution in [-0.2, 0) is 37.8 Å². The number of aromatic nitrogens is 6. The zero-order valence-electron chi connectivity index (χ0n) is 26.9. The fraction of sp³-hybridized carbons (Fsp3) is 0.412. The van der Waals surface area contributed by atoms with Gasteiger partial charge in [0.25, 0.3) is 11.1 Å². The first kappa shape index (κ1) is 30.2. The number of nitrogens with one attached hydrogen (secondary N) is 1. The van der Waals surface area contributed by atoms with Crippen molar-refractivity contribution in [3.8, 4) is 16.9 Å². The first-order valence-electron chi connectivity index (χ1n) is 15.7. The highest BCUT2D eigenvalue weighted by Crippen LogP contribution is 2.37. The van der Waals surface area contributed by atoms with Crippen molar-refractivity contribution < 1.29 is 9.84 Å². The van der Waals surface area contributed by atoms with Crippen LogP contribution in [0.15, 0.2) is 58.6 Å². The normalized spacial score (nSPS) is 17.4. The van der Waals surface area contributed by atoms with E-state index in [1.807, 2.05) is 27.4 Å². The molecule has 46 heavy (non-hydrogen) atoms. The maximum atomic E-state index is 13.8. The first-order chi connectivity index (χ1) is 22.1. The summed E-state index contributed by atoms with van der Waals surface area (Å²) in [5.74, 6) is 0.941. The Morgan fingerprint density at radius 1 is 1.11 bits per heavy atom. The van der Waals surface area contributed by atoms with Crippen LogP contribution in [0.2, 0.25) is 0 Å². The highest BCUT2D eigenvalue weighted by Gasteiger charge is 2.32. The number of rotatable bonds is 8. The van der Waals surface area contributed by atoms with Gasteiger partial charge in [-0.1, -0.05) is 13.8 Å². The summed E-state index contributed by atoms with van der Waals surface area (Å²) in [5.41, 5.74) is 6.00. The third-order valence-electron chi connectivity index (χ3n) is 9.49. The van der Waals surface area contributed by atoms with Gasteiger partial charge in [-0.15, -0.1) is 0 Å². The third kappa shape index (κ3) is 5.06. The highest BCUT2D eigenvalue weighted by molar-refractivity contribution is 5.73. The average molecular weight is 625 g/mol. The zero-order chi connectivity index (χ0) is 32.3. The van der Waals surface area contributed by atoms with E-state index in [4.69, 9.17) is 9.84 Å². The van der Waals surface area contributed by atoms with Crippen molar-refractivity contribution >= 4 is 17.0 Å². The van der Waals surface area contributed by atoms with Crippen LogP contribution >= 0.6 is 0 Å². The highest BCUT2D eigenvalue weighted by atomic mass is 16.5. The minimum atomic E-state index is -0.349. The molecule has 1 aliphatic carbocycles. The molecular formula is C34H40N8O4. The Kier molecular flexibility index (Phi) is 7.46. The van der Waals surface area contributed by atoms with Gasteiger partial charge in [0.2, 0.25) is 0 Å². The standard InChI is InChI=1S/C34H40N8O4/c1-21-27-16-30(37-42(27)11-8-39(21)12-13-46-5)36-26-14-23(19-38(4)32(26)44)24-6-7-35-31(25(24)20-43)41-10-9-40-28(33(41)45)15-22-17-34(2,3)18-29(22)40/h6-7,9-10,14-16,19,21,43H,8,11-13,17-18,20H2,1-5H3,(H,36,37)/t21-/m1/s1. The molecule has 240 valence electrons. The summed E-state index contributed by atoms with van der Waals surface area (Å²) < 4.78 is 12.3. The van der Waals surface area contributed by atoms with Crippen molar-refractivity contribution in [1.29, 1.82) is 0 Å². The van der Waals surface area contributed by atoms with Gasteiger partial charge in [-0.05, 0) is 54.5 Å². The zero-order valence-corrected chi connectivity index (χ0v) is 26.9. The van der Waals surface area contributed by atoms with E-state index in [1.54, 1.807) is 44.9 Å². The Labute approximate surface area is 266 Å². The number of methoxy groups -OCH3 is 1. The SMILES string of the molecule is COCCN1CCn2nc(Nc3cc(-c4ccnc(-n5ccn6c7c(cc6c5=O)CC(C)(C)C7)c4CO)cn(C)c3=O)cc2[C@H]1C. The topological polar surface area (TPSA) is 124 Å². The van der Waals surface area contributed by atoms with Crippen molar-refractivity contribution in [3.05, 3.63) is 92.3 Å². The van der Waals surface area contributed by atoms with Gasteiger partial charge in [-0.25, -0.2) is 4.98 Å². The van der Waals surface area contributed by atoms with Gasteiger partial charge in [0.15, 0.2) is 5.82 Å². The predicted molar refractivity (Wildman–Crippen MR) is 176 cm³/mol. The van der Waals surface area contributed by atoms with Gasteiger partial charge >= 0.3 is 0 Å².